The van der Waals surface area contributed by atoms with E-state index in [2.05, 4.69) is 91.5 Å². The maximum atomic E-state index is 9.03. The number of benzene rings is 3. The van der Waals surface area contributed by atoms with Crippen LogP contribution in [0.2, 0.25) is 0 Å². The van der Waals surface area contributed by atoms with Crippen LogP contribution in [0.15, 0.2) is 72.9 Å². The lowest BCUT2D eigenvalue weighted by molar-refractivity contribution is -0.660. The van der Waals surface area contributed by atoms with Gasteiger partial charge in [-0.15, -0.1) is 0 Å². The molecule has 1 aliphatic carbocycles. The van der Waals surface area contributed by atoms with Gasteiger partial charge in [0.25, 0.3) is 0 Å². The topological polar surface area (TPSA) is 3.88 Å². The van der Waals surface area contributed by atoms with Crippen molar-refractivity contribution in [1.29, 1.82) is 0 Å². The Morgan fingerprint density at radius 1 is 0.879 bits per heavy atom. The zero-order chi connectivity index (χ0) is 24.8. The van der Waals surface area contributed by atoms with Gasteiger partial charge < -0.3 is 0 Å². The van der Waals surface area contributed by atoms with Crippen molar-refractivity contribution in [2.75, 3.05) is 0 Å². The first-order valence-electron chi connectivity index (χ1n) is 13.3. The summed E-state index contributed by atoms with van der Waals surface area (Å²) < 4.78 is 20.1. The number of hydrogen-bond donors (Lipinski definition) is 0. The van der Waals surface area contributed by atoms with Crippen LogP contribution in [0.3, 0.4) is 0 Å². The van der Waals surface area contributed by atoms with Crippen molar-refractivity contribution < 1.29 is 7.31 Å². The lowest BCUT2D eigenvalue weighted by Crippen LogP contribution is -2.32. The highest BCUT2D eigenvalue weighted by molar-refractivity contribution is 5.89. The van der Waals surface area contributed by atoms with E-state index in [9.17, 15) is 0 Å². The Morgan fingerprint density at radius 3 is 2.36 bits per heavy atom. The second kappa shape index (κ2) is 9.14. The maximum Gasteiger partial charge on any atom is 0.213 e. The van der Waals surface area contributed by atoms with Gasteiger partial charge in [-0.25, -0.2) is 4.57 Å². The molecule has 0 unspecified atom stereocenters. The van der Waals surface area contributed by atoms with E-state index in [1.165, 1.54) is 28.3 Å². The summed E-state index contributed by atoms with van der Waals surface area (Å²) in [7, 11) is 2.07. The molecular formula is C32H36N+. The molecule has 33 heavy (non-hydrogen) atoms. The Hall–Kier alpha value is -2.93. The highest BCUT2D eigenvalue weighted by Gasteiger charge is 2.20. The number of fused-ring (bicyclic) bond motifs is 1. The van der Waals surface area contributed by atoms with Crippen LogP contribution in [-0.4, -0.2) is 0 Å². The van der Waals surface area contributed by atoms with Gasteiger partial charge in [-0.2, -0.15) is 0 Å². The number of aromatic nitrogens is 1. The summed E-state index contributed by atoms with van der Waals surface area (Å²) in [6.07, 6.45) is 7.61. The quantitative estimate of drug-likeness (QED) is 0.282. The van der Waals surface area contributed by atoms with Gasteiger partial charge in [0.05, 0.1) is 0 Å². The van der Waals surface area contributed by atoms with E-state index in [0.717, 1.165) is 53.6 Å². The molecule has 1 saturated carbocycles. The van der Waals surface area contributed by atoms with Gasteiger partial charge >= 0.3 is 0 Å². The first kappa shape index (κ1) is 19.5. The lowest BCUT2D eigenvalue weighted by Gasteiger charge is -2.22. The molecule has 3 aromatic carbocycles. The Kier molecular flexibility index (Phi) is 5.41. The molecule has 1 fully saturated rings. The molecular weight excluding hydrogens is 398 g/mol. The molecule has 0 spiro atoms. The number of aryl methyl sites for hydroxylation is 2. The molecule has 0 aliphatic heterocycles. The fraction of sp³-hybridized carbons (Fsp3) is 0.344. The fourth-order valence-corrected chi connectivity index (χ4v) is 5.31. The van der Waals surface area contributed by atoms with E-state index in [-0.39, 0.29) is 0 Å². The first-order valence-corrected chi connectivity index (χ1v) is 12.3. The van der Waals surface area contributed by atoms with Crippen molar-refractivity contribution in [2.24, 2.45) is 7.05 Å². The third-order valence-electron chi connectivity index (χ3n) is 7.25. The summed E-state index contributed by atoms with van der Waals surface area (Å²) >= 11 is 0. The molecule has 1 heterocycles. The van der Waals surface area contributed by atoms with Crippen LogP contribution in [0.5, 0.6) is 0 Å². The highest BCUT2D eigenvalue weighted by Crippen LogP contribution is 2.36. The summed E-state index contributed by atoms with van der Waals surface area (Å²) in [5, 5.41) is 2.38. The van der Waals surface area contributed by atoms with Gasteiger partial charge in [-0.05, 0) is 76.7 Å². The molecule has 0 amide bonds. The van der Waals surface area contributed by atoms with E-state index < -0.39 is 11.8 Å². The molecule has 4 aromatic rings. The van der Waals surface area contributed by atoms with Crippen LogP contribution < -0.4 is 4.57 Å². The van der Waals surface area contributed by atoms with Gasteiger partial charge in [-0.1, -0.05) is 81.6 Å². The van der Waals surface area contributed by atoms with Gasteiger partial charge in [-0.3, -0.25) is 0 Å². The Labute approximate surface area is 201 Å². The summed E-state index contributed by atoms with van der Waals surface area (Å²) in [4.78, 5) is 0. The van der Waals surface area contributed by atoms with Gasteiger partial charge in [0.2, 0.25) is 5.69 Å². The number of nitrogens with zero attached hydrogens (tertiary/aromatic N) is 1. The summed E-state index contributed by atoms with van der Waals surface area (Å²) in [5.41, 5.74) is 8.01. The third-order valence-corrected chi connectivity index (χ3v) is 7.25. The average Bonchev–Trinajstić information content (AvgIpc) is 2.84. The van der Waals surface area contributed by atoms with Crippen LogP contribution in [0.1, 0.15) is 77.2 Å². The van der Waals surface area contributed by atoms with Crippen molar-refractivity contribution in [3.05, 3.63) is 89.6 Å². The van der Waals surface area contributed by atoms with E-state index in [4.69, 9.17) is 2.74 Å². The van der Waals surface area contributed by atoms with E-state index in [1.807, 2.05) is 13.8 Å². The van der Waals surface area contributed by atoms with Crippen LogP contribution >= 0.6 is 0 Å². The standard InChI is InChI=1S/C32H36N/c1-22(2)31-21-33(4)32(29-13-9-8-10-23(29)3)20-30(31)28-17-16-26-18-25(14-15-27(26)19-28)24-11-6-5-7-12-24/h8-10,13-22,24H,5-7,11-12H2,1-4H3/q+1/i22D,24D. The minimum absolute atomic E-state index is 0.440. The normalized spacial score (nSPS) is 17.0. The van der Waals surface area contributed by atoms with Crippen LogP contribution in [0.4, 0.5) is 0 Å². The van der Waals surface area contributed by atoms with Crippen molar-refractivity contribution >= 4 is 10.8 Å². The predicted molar refractivity (Wildman–Crippen MR) is 141 cm³/mol. The fourth-order valence-electron chi connectivity index (χ4n) is 5.31. The summed E-state index contributed by atoms with van der Waals surface area (Å²) in [6, 6.07) is 24.0. The van der Waals surface area contributed by atoms with Crippen LogP contribution in [-0.2, 0) is 7.05 Å². The first-order chi connectivity index (χ1) is 16.7. The van der Waals surface area contributed by atoms with Gasteiger partial charge in [0.1, 0.15) is 7.05 Å². The molecule has 0 N–H and O–H groups in total. The zero-order valence-corrected chi connectivity index (χ0v) is 20.4. The molecule has 1 aromatic heterocycles. The molecule has 0 radical (unpaired) electrons. The van der Waals surface area contributed by atoms with Crippen molar-refractivity contribution in [3.63, 3.8) is 0 Å². The molecule has 0 bridgehead atoms. The van der Waals surface area contributed by atoms with E-state index >= 15 is 0 Å². The Morgan fingerprint density at radius 2 is 1.61 bits per heavy atom. The van der Waals surface area contributed by atoms with Crippen molar-refractivity contribution in [3.8, 4) is 22.4 Å². The minimum Gasteiger partial charge on any atom is -0.201 e. The molecule has 5 rings (SSSR count). The molecule has 0 saturated heterocycles. The molecule has 168 valence electrons. The third kappa shape index (κ3) is 4.34. The highest BCUT2D eigenvalue weighted by atomic mass is 14.9. The van der Waals surface area contributed by atoms with E-state index in [0.29, 0.717) is 0 Å². The largest absolute Gasteiger partial charge is 0.213 e. The van der Waals surface area contributed by atoms with Crippen molar-refractivity contribution in [2.45, 2.75) is 64.7 Å². The van der Waals surface area contributed by atoms with Crippen molar-refractivity contribution in [1.82, 2.24) is 0 Å². The minimum atomic E-state index is -0.727. The SMILES string of the molecule is [2H]C(C)(C)c1c[n+](C)c(-c2ccccc2C)cc1-c1ccc2cc(C3([2H])CCCCC3)ccc2c1. The number of rotatable bonds is 4. The Balaban J connectivity index is 1.64. The summed E-state index contributed by atoms with van der Waals surface area (Å²) in [5.74, 6) is -1.17. The predicted octanol–water partition coefficient (Wildman–Crippen LogP) is 8.48. The zero-order valence-electron chi connectivity index (χ0n) is 22.4. The number of hydrogen-bond acceptors (Lipinski definition) is 0. The molecule has 1 aliphatic rings. The second-order valence-electron chi connectivity index (χ2n) is 9.85. The molecule has 1 heteroatoms. The van der Waals surface area contributed by atoms with Gasteiger partial charge in [0.15, 0.2) is 6.20 Å². The Bertz CT molecular complexity index is 1390. The molecule has 1 nitrogen and oxygen atoms in total. The summed E-state index contributed by atoms with van der Waals surface area (Å²) in [6.45, 7) is 6.07. The lowest BCUT2D eigenvalue weighted by atomic mass is 9.83. The maximum absolute atomic E-state index is 9.03. The van der Waals surface area contributed by atoms with Crippen LogP contribution in [0, 0.1) is 6.92 Å². The smallest absolute Gasteiger partial charge is 0.201 e. The van der Waals surface area contributed by atoms with Gasteiger partial charge in [0, 0.05) is 19.9 Å². The number of pyridine rings is 1. The second-order valence-corrected chi connectivity index (χ2v) is 9.85. The average molecular weight is 437 g/mol. The van der Waals surface area contributed by atoms with Crippen LogP contribution in [0.25, 0.3) is 33.2 Å². The monoisotopic (exact) mass is 436 g/mol. The van der Waals surface area contributed by atoms with E-state index in [1.54, 1.807) is 0 Å². The molecule has 0 atom stereocenters.